The first-order valence-corrected chi connectivity index (χ1v) is 13.0. The van der Waals surface area contributed by atoms with Gasteiger partial charge in [-0.25, -0.2) is 4.79 Å². The van der Waals surface area contributed by atoms with Gasteiger partial charge in [0.15, 0.2) is 0 Å². The summed E-state index contributed by atoms with van der Waals surface area (Å²) in [5.41, 5.74) is 3.87. The Morgan fingerprint density at radius 2 is 1.52 bits per heavy atom. The number of aryl methyl sites for hydroxylation is 1. The van der Waals surface area contributed by atoms with E-state index in [1.54, 1.807) is 6.20 Å². The molecule has 7 heteroatoms. The van der Waals surface area contributed by atoms with Gasteiger partial charge in [0.05, 0.1) is 17.7 Å². The number of ketones is 1. The molecule has 5 aromatic rings. The molecule has 200 valence electrons. The molecule has 0 fully saturated rings. The number of fused-ring (bicyclic) bond motifs is 1. The number of aromatic nitrogens is 1. The minimum Gasteiger partial charge on any atom is -0.494 e. The second kappa shape index (κ2) is 12.1. The third kappa shape index (κ3) is 6.27. The van der Waals surface area contributed by atoms with Crippen molar-refractivity contribution in [3.63, 3.8) is 0 Å². The Balaban J connectivity index is 1.20. The van der Waals surface area contributed by atoms with E-state index in [1.807, 2.05) is 59.2 Å². The average Bonchev–Trinajstić information content (AvgIpc) is 3.35. The van der Waals surface area contributed by atoms with Gasteiger partial charge in [0, 0.05) is 29.3 Å². The van der Waals surface area contributed by atoms with Crippen LogP contribution in [-0.2, 0) is 17.8 Å². The number of aromatic carboxylic acids is 1. The van der Waals surface area contributed by atoms with Crippen LogP contribution in [0.3, 0.4) is 0 Å². The number of rotatable bonds is 11. The minimum atomic E-state index is -1.12. The summed E-state index contributed by atoms with van der Waals surface area (Å²) in [6.45, 7) is 1.09. The number of carbonyl (C=O) groups excluding carboxylic acids is 2. The molecule has 4 aromatic carbocycles. The number of amides is 1. The molecule has 2 N–H and O–H groups in total. The van der Waals surface area contributed by atoms with Crippen molar-refractivity contribution in [1.29, 1.82) is 0 Å². The van der Waals surface area contributed by atoms with Gasteiger partial charge in [0.25, 0.3) is 11.7 Å². The van der Waals surface area contributed by atoms with E-state index >= 15 is 0 Å². The maximum Gasteiger partial charge on any atom is 0.335 e. The number of benzene rings is 4. The Morgan fingerprint density at radius 3 is 2.30 bits per heavy atom. The van der Waals surface area contributed by atoms with Crippen LogP contribution < -0.4 is 10.1 Å². The van der Waals surface area contributed by atoms with Crippen LogP contribution in [0.5, 0.6) is 5.75 Å². The number of para-hydroxylation sites is 1. The lowest BCUT2D eigenvalue weighted by atomic mass is 10.1. The van der Waals surface area contributed by atoms with Gasteiger partial charge in [-0.2, -0.15) is 0 Å². The SMILES string of the molecule is O=C(Nc1cccc(C(=O)O)c1)C(=O)c1cn(CCCOc2ccc(Cc3ccccc3)cc2)c2ccccc12. The van der Waals surface area contributed by atoms with Gasteiger partial charge in [-0.1, -0.05) is 66.7 Å². The topological polar surface area (TPSA) is 97.6 Å². The molecular weight excluding hydrogens is 504 g/mol. The number of carbonyl (C=O) groups is 3. The smallest absolute Gasteiger partial charge is 0.335 e. The summed E-state index contributed by atoms with van der Waals surface area (Å²) in [5.74, 6) is -1.84. The highest BCUT2D eigenvalue weighted by Crippen LogP contribution is 2.23. The highest BCUT2D eigenvalue weighted by molar-refractivity contribution is 6.48. The monoisotopic (exact) mass is 532 g/mol. The van der Waals surface area contributed by atoms with Crippen LogP contribution in [0.25, 0.3) is 10.9 Å². The number of Topliss-reactive ketones (excluding diaryl/α,β-unsaturated/α-hetero) is 1. The summed E-state index contributed by atoms with van der Waals surface area (Å²) in [4.78, 5) is 37.1. The van der Waals surface area contributed by atoms with E-state index in [1.165, 1.54) is 35.4 Å². The lowest BCUT2D eigenvalue weighted by Crippen LogP contribution is -2.22. The number of hydrogen-bond donors (Lipinski definition) is 2. The molecule has 0 aliphatic rings. The van der Waals surface area contributed by atoms with Crippen LogP contribution in [0.15, 0.2) is 109 Å². The highest BCUT2D eigenvalue weighted by atomic mass is 16.5. The number of nitrogens with one attached hydrogen (secondary N) is 1. The zero-order chi connectivity index (χ0) is 27.9. The van der Waals surface area contributed by atoms with Crippen molar-refractivity contribution >= 4 is 34.3 Å². The molecule has 0 spiro atoms. The normalized spacial score (nSPS) is 10.8. The third-order valence-corrected chi connectivity index (χ3v) is 6.59. The molecule has 1 heterocycles. The molecule has 0 unspecified atom stereocenters. The summed E-state index contributed by atoms with van der Waals surface area (Å²) in [5, 5.41) is 12.4. The first-order valence-electron chi connectivity index (χ1n) is 13.0. The predicted octanol–water partition coefficient (Wildman–Crippen LogP) is 6.22. The lowest BCUT2D eigenvalue weighted by Gasteiger charge is -2.09. The van der Waals surface area contributed by atoms with E-state index in [2.05, 4.69) is 29.6 Å². The summed E-state index contributed by atoms with van der Waals surface area (Å²) in [6, 6.07) is 31.6. The molecule has 0 radical (unpaired) electrons. The van der Waals surface area contributed by atoms with Crippen LogP contribution in [-0.4, -0.2) is 33.9 Å². The molecule has 0 aliphatic heterocycles. The molecule has 0 atom stereocenters. The Morgan fingerprint density at radius 1 is 0.800 bits per heavy atom. The molecular formula is C33H28N2O5. The largest absolute Gasteiger partial charge is 0.494 e. The summed E-state index contributed by atoms with van der Waals surface area (Å²) in [6.07, 6.45) is 3.26. The van der Waals surface area contributed by atoms with Gasteiger partial charge in [0.2, 0.25) is 0 Å². The minimum absolute atomic E-state index is 0.0206. The fourth-order valence-electron chi connectivity index (χ4n) is 4.61. The van der Waals surface area contributed by atoms with Gasteiger partial charge < -0.3 is 19.7 Å². The van der Waals surface area contributed by atoms with E-state index < -0.39 is 17.7 Å². The fourth-order valence-corrected chi connectivity index (χ4v) is 4.61. The molecule has 0 saturated carbocycles. The number of ether oxygens (including phenoxy) is 1. The van der Waals surface area contributed by atoms with Crippen LogP contribution in [0.2, 0.25) is 0 Å². The van der Waals surface area contributed by atoms with Gasteiger partial charge in [0.1, 0.15) is 5.75 Å². The van der Waals surface area contributed by atoms with Crippen molar-refractivity contribution < 1.29 is 24.2 Å². The van der Waals surface area contributed by atoms with E-state index in [0.717, 1.165) is 17.7 Å². The Kier molecular flexibility index (Phi) is 8.02. The molecule has 40 heavy (non-hydrogen) atoms. The molecule has 1 aromatic heterocycles. The molecule has 0 bridgehead atoms. The van der Waals surface area contributed by atoms with Crippen LogP contribution in [0.4, 0.5) is 5.69 Å². The summed E-state index contributed by atoms with van der Waals surface area (Å²) < 4.78 is 7.90. The quantitative estimate of drug-likeness (QED) is 0.120. The van der Waals surface area contributed by atoms with Gasteiger partial charge >= 0.3 is 5.97 Å². The highest BCUT2D eigenvalue weighted by Gasteiger charge is 2.22. The van der Waals surface area contributed by atoms with Crippen LogP contribution in [0.1, 0.15) is 38.3 Å². The van der Waals surface area contributed by atoms with Crippen molar-refractivity contribution in [3.8, 4) is 5.75 Å². The van der Waals surface area contributed by atoms with E-state index in [4.69, 9.17) is 4.74 Å². The second-order valence-electron chi connectivity index (χ2n) is 9.43. The maximum atomic E-state index is 13.1. The third-order valence-electron chi connectivity index (χ3n) is 6.59. The molecule has 5 rings (SSSR count). The van der Waals surface area contributed by atoms with Crippen molar-refractivity contribution in [1.82, 2.24) is 4.57 Å². The standard InChI is InChI=1S/C33H28N2O5/c36-31(32(37)34-26-11-6-10-25(21-26)33(38)39)29-22-35(30-13-5-4-12-28(29)30)18-7-19-40-27-16-14-24(15-17-27)20-23-8-2-1-3-9-23/h1-6,8-17,21-22H,7,18-20H2,(H,34,37)(H,38,39). The first kappa shape index (κ1) is 26.4. The molecule has 0 aliphatic carbocycles. The number of nitrogens with zero attached hydrogens (tertiary/aromatic N) is 1. The van der Waals surface area contributed by atoms with Crippen molar-refractivity contribution in [2.45, 2.75) is 19.4 Å². The lowest BCUT2D eigenvalue weighted by molar-refractivity contribution is -0.112. The average molecular weight is 533 g/mol. The van der Waals surface area contributed by atoms with E-state index in [0.29, 0.717) is 25.0 Å². The number of carboxylic acids is 1. The number of anilines is 1. The van der Waals surface area contributed by atoms with E-state index in [-0.39, 0.29) is 16.8 Å². The van der Waals surface area contributed by atoms with Gasteiger partial charge in [-0.3, -0.25) is 9.59 Å². The zero-order valence-corrected chi connectivity index (χ0v) is 21.7. The maximum absolute atomic E-state index is 13.1. The molecule has 1 amide bonds. The summed E-state index contributed by atoms with van der Waals surface area (Å²) in [7, 11) is 0. The van der Waals surface area contributed by atoms with E-state index in [9.17, 15) is 19.5 Å². The Labute approximate surface area is 231 Å². The fraction of sp³-hybridized carbons (Fsp3) is 0.121. The molecule has 7 nitrogen and oxygen atoms in total. The summed E-state index contributed by atoms with van der Waals surface area (Å²) >= 11 is 0. The van der Waals surface area contributed by atoms with Crippen LogP contribution >= 0.6 is 0 Å². The van der Waals surface area contributed by atoms with Crippen molar-refractivity contribution in [2.24, 2.45) is 0 Å². The first-order chi connectivity index (χ1) is 19.5. The Hall–Kier alpha value is -5.17. The predicted molar refractivity (Wildman–Crippen MR) is 154 cm³/mol. The van der Waals surface area contributed by atoms with Gasteiger partial charge in [-0.15, -0.1) is 0 Å². The second-order valence-corrected chi connectivity index (χ2v) is 9.43. The van der Waals surface area contributed by atoms with Crippen LogP contribution in [0, 0.1) is 0 Å². The van der Waals surface area contributed by atoms with Crippen molar-refractivity contribution in [2.75, 3.05) is 11.9 Å². The molecule has 0 saturated heterocycles. The van der Waals surface area contributed by atoms with Crippen molar-refractivity contribution in [3.05, 3.63) is 132 Å². The zero-order valence-electron chi connectivity index (χ0n) is 21.7. The van der Waals surface area contributed by atoms with Gasteiger partial charge in [-0.05, 0) is 60.4 Å². The number of carboxylic acid groups (broad SMARTS) is 1. The Bertz CT molecular complexity index is 1660. The number of hydrogen-bond acceptors (Lipinski definition) is 4.